The number of allylic oxidation sites excluding steroid dienone is 18. The van der Waals surface area contributed by atoms with Gasteiger partial charge in [0.1, 0.15) is 0 Å². The van der Waals surface area contributed by atoms with Gasteiger partial charge in [0.15, 0.2) is 0 Å². The Balaban J connectivity index is 1.28. The zero-order valence-corrected chi connectivity index (χ0v) is 26.8. The number of hydrogen-bond donors (Lipinski definition) is 0. The number of rotatable bonds is 7. The van der Waals surface area contributed by atoms with Gasteiger partial charge in [-0.15, -0.1) is 0 Å². The largest absolute Gasteiger partial charge is 0.337 e. The van der Waals surface area contributed by atoms with E-state index in [1.165, 1.54) is 44.9 Å². The van der Waals surface area contributed by atoms with Gasteiger partial charge in [0.2, 0.25) is 0 Å². The maximum atomic E-state index is 4.42. The molecule has 4 aliphatic rings. The van der Waals surface area contributed by atoms with E-state index in [0.29, 0.717) is 0 Å². The minimum Gasteiger partial charge on any atom is -0.337 e. The molecule has 2 aliphatic carbocycles. The molecule has 0 N–H and O–H groups in total. The first-order valence-electron chi connectivity index (χ1n) is 16.3. The Morgan fingerprint density at radius 2 is 1.74 bits per heavy atom. The number of anilines is 2. The normalized spacial score (nSPS) is 20.5. The second-order valence-corrected chi connectivity index (χ2v) is 11.7. The molecule has 0 radical (unpaired) electrons. The zero-order valence-electron chi connectivity index (χ0n) is 26.8. The predicted octanol–water partition coefficient (Wildman–Crippen LogP) is 11.5. The van der Waals surface area contributed by atoms with Crippen LogP contribution in [-0.4, -0.2) is 6.54 Å². The second kappa shape index (κ2) is 14.6. The highest BCUT2D eigenvalue weighted by Gasteiger charge is 2.22. The Labute approximate surface area is 275 Å². The maximum absolute atomic E-state index is 4.42. The molecule has 0 unspecified atom stereocenters. The lowest BCUT2D eigenvalue weighted by Gasteiger charge is -2.32. The predicted molar refractivity (Wildman–Crippen MR) is 200 cm³/mol. The van der Waals surface area contributed by atoms with Gasteiger partial charge in [-0.05, 0) is 109 Å². The van der Waals surface area contributed by atoms with E-state index in [-0.39, 0.29) is 0 Å². The first-order chi connectivity index (χ1) is 22.7. The smallest absolute Gasteiger partial charge is 0.0533 e. The van der Waals surface area contributed by atoms with Crippen molar-refractivity contribution in [3.63, 3.8) is 0 Å². The topological polar surface area (TPSA) is 6.48 Å². The second-order valence-electron chi connectivity index (χ2n) is 11.7. The molecule has 228 valence electrons. The fourth-order valence-corrected chi connectivity index (χ4v) is 6.24. The van der Waals surface area contributed by atoms with Crippen LogP contribution in [0.5, 0.6) is 0 Å². The summed E-state index contributed by atoms with van der Waals surface area (Å²) < 4.78 is 0. The monoisotopic (exact) mass is 598 g/mol. The summed E-state index contributed by atoms with van der Waals surface area (Å²) in [4.78, 5) is 4.80. The van der Waals surface area contributed by atoms with Gasteiger partial charge in [0.25, 0.3) is 0 Å². The van der Waals surface area contributed by atoms with Crippen LogP contribution >= 0.6 is 0 Å². The van der Waals surface area contributed by atoms with Gasteiger partial charge in [-0.2, -0.15) is 0 Å². The standard InChI is InChI=1S/C44H42N2/c1-4-6-8-17-39-33-45(43-21-12-10-15-37(43)24-23-34(39)3)40-29-25-36(26-30-40)35-18-14-20-42(31-27-35)46-41(19-9-7-5-2)32-28-38-16-11-13-22-44(38)46/h4-7,9,11-13,16-32H,2-3,8,10,14-15,33H2,1H3/b6-4-,9-7-,24-23-,39-17-,41-19+. The third kappa shape index (κ3) is 6.82. The SMILES string of the molecule is C=C/C=C\C=C1/C=Cc2ccccc2N1C1=CCC=C(c2ccc(N3C/C(=C/C/C=C\C)C(=C)/C=C\C4=C3C=CCC4)cc2)C=C1. The molecule has 46 heavy (non-hydrogen) atoms. The number of benzene rings is 2. The van der Waals surface area contributed by atoms with Crippen LogP contribution in [-0.2, 0) is 0 Å². The highest BCUT2D eigenvalue weighted by atomic mass is 15.2. The molecule has 0 amide bonds. The molecular weight excluding hydrogens is 556 g/mol. The number of para-hydroxylation sites is 1. The molecule has 0 aromatic heterocycles. The molecule has 0 bridgehead atoms. The Kier molecular flexibility index (Phi) is 9.75. The van der Waals surface area contributed by atoms with Gasteiger partial charge in [0.05, 0.1) is 5.69 Å². The molecule has 0 saturated heterocycles. The van der Waals surface area contributed by atoms with Crippen molar-refractivity contribution in [2.24, 2.45) is 0 Å². The number of nitrogens with zero attached hydrogens (tertiary/aromatic N) is 2. The van der Waals surface area contributed by atoms with E-state index in [1.807, 2.05) is 12.2 Å². The summed E-state index contributed by atoms with van der Waals surface area (Å²) >= 11 is 0. The summed E-state index contributed by atoms with van der Waals surface area (Å²) in [6.07, 6.45) is 41.0. The van der Waals surface area contributed by atoms with Crippen LogP contribution < -0.4 is 9.80 Å². The summed E-state index contributed by atoms with van der Waals surface area (Å²) in [7, 11) is 0. The molecular formula is C44H42N2. The lowest BCUT2D eigenvalue weighted by molar-refractivity contribution is 0.903. The van der Waals surface area contributed by atoms with E-state index in [0.717, 1.165) is 49.2 Å². The molecule has 2 aliphatic heterocycles. The number of hydrogen-bond acceptors (Lipinski definition) is 2. The van der Waals surface area contributed by atoms with Gasteiger partial charge < -0.3 is 9.80 Å². The van der Waals surface area contributed by atoms with Crippen LogP contribution in [0.25, 0.3) is 11.6 Å². The molecule has 0 fully saturated rings. The van der Waals surface area contributed by atoms with Gasteiger partial charge in [0, 0.05) is 29.3 Å². The first-order valence-corrected chi connectivity index (χ1v) is 16.3. The van der Waals surface area contributed by atoms with Crippen LogP contribution in [0.3, 0.4) is 0 Å². The fraction of sp³-hybridized carbons (Fsp3) is 0.136. The average molecular weight is 599 g/mol. The van der Waals surface area contributed by atoms with E-state index >= 15 is 0 Å². The zero-order chi connectivity index (χ0) is 31.7. The van der Waals surface area contributed by atoms with Crippen LogP contribution in [0, 0.1) is 0 Å². The Bertz CT molecular complexity index is 1840. The van der Waals surface area contributed by atoms with Crippen molar-refractivity contribution in [3.8, 4) is 0 Å². The average Bonchev–Trinajstić information content (AvgIpc) is 3.35. The number of fused-ring (bicyclic) bond motifs is 1. The third-order valence-electron chi connectivity index (χ3n) is 8.69. The molecule has 0 spiro atoms. The fourth-order valence-electron chi connectivity index (χ4n) is 6.24. The molecule has 2 heterocycles. The molecule has 0 atom stereocenters. The van der Waals surface area contributed by atoms with Crippen LogP contribution in [0.1, 0.15) is 43.7 Å². The molecule has 2 heteroatoms. The molecule has 2 aromatic carbocycles. The van der Waals surface area contributed by atoms with Crippen molar-refractivity contribution in [1.29, 1.82) is 0 Å². The van der Waals surface area contributed by atoms with Crippen molar-refractivity contribution in [2.75, 3.05) is 16.3 Å². The van der Waals surface area contributed by atoms with Crippen molar-refractivity contribution >= 4 is 23.0 Å². The van der Waals surface area contributed by atoms with Crippen molar-refractivity contribution in [2.45, 2.75) is 32.6 Å². The summed E-state index contributed by atoms with van der Waals surface area (Å²) in [6.45, 7) is 11.1. The summed E-state index contributed by atoms with van der Waals surface area (Å²) in [5, 5.41) is 0. The van der Waals surface area contributed by atoms with E-state index < -0.39 is 0 Å². The lowest BCUT2D eigenvalue weighted by atomic mass is 9.94. The van der Waals surface area contributed by atoms with E-state index in [9.17, 15) is 0 Å². The maximum Gasteiger partial charge on any atom is 0.0533 e. The lowest BCUT2D eigenvalue weighted by Crippen LogP contribution is -2.27. The van der Waals surface area contributed by atoms with Gasteiger partial charge >= 0.3 is 0 Å². The van der Waals surface area contributed by atoms with E-state index in [4.69, 9.17) is 0 Å². The minimum atomic E-state index is 0.794. The Hall–Kier alpha value is -5.34. The highest BCUT2D eigenvalue weighted by Crippen LogP contribution is 2.37. The van der Waals surface area contributed by atoms with Gasteiger partial charge in [-0.3, -0.25) is 0 Å². The van der Waals surface area contributed by atoms with Crippen LogP contribution in [0.4, 0.5) is 11.4 Å². The quantitative estimate of drug-likeness (QED) is 0.231. The van der Waals surface area contributed by atoms with Crippen molar-refractivity contribution < 1.29 is 0 Å². The van der Waals surface area contributed by atoms with E-state index in [2.05, 4.69) is 163 Å². The Morgan fingerprint density at radius 1 is 0.870 bits per heavy atom. The van der Waals surface area contributed by atoms with Gasteiger partial charge in [-0.1, -0.05) is 122 Å². The summed E-state index contributed by atoms with van der Waals surface area (Å²) in [6, 6.07) is 17.6. The minimum absolute atomic E-state index is 0.794. The first kappa shape index (κ1) is 30.7. The Morgan fingerprint density at radius 3 is 2.59 bits per heavy atom. The van der Waals surface area contributed by atoms with Gasteiger partial charge in [-0.25, -0.2) is 0 Å². The van der Waals surface area contributed by atoms with E-state index in [1.54, 1.807) is 6.08 Å². The highest BCUT2D eigenvalue weighted by molar-refractivity contribution is 5.82. The molecule has 0 saturated carbocycles. The van der Waals surface area contributed by atoms with Crippen LogP contribution in [0.2, 0.25) is 0 Å². The molecule has 2 nitrogen and oxygen atoms in total. The summed E-state index contributed by atoms with van der Waals surface area (Å²) in [5.41, 5.74) is 13.3. The third-order valence-corrected chi connectivity index (χ3v) is 8.69. The molecule has 6 rings (SSSR count). The van der Waals surface area contributed by atoms with Crippen LogP contribution in [0.15, 0.2) is 193 Å². The summed E-state index contributed by atoms with van der Waals surface area (Å²) in [5.74, 6) is 0. The molecule has 2 aromatic rings. The van der Waals surface area contributed by atoms with Crippen molar-refractivity contribution in [1.82, 2.24) is 0 Å². The van der Waals surface area contributed by atoms with Crippen molar-refractivity contribution in [3.05, 3.63) is 204 Å².